The van der Waals surface area contributed by atoms with Crippen LogP contribution < -0.4 is 5.32 Å². The zero-order valence-electron chi connectivity index (χ0n) is 9.60. The van der Waals surface area contributed by atoms with Crippen LogP contribution in [0.2, 0.25) is 0 Å². The number of hydrogen-bond acceptors (Lipinski definition) is 1. The molecule has 1 aliphatic carbocycles. The van der Waals surface area contributed by atoms with Gasteiger partial charge >= 0.3 is 0 Å². The van der Waals surface area contributed by atoms with Crippen LogP contribution in [-0.4, -0.2) is 13.1 Å². The van der Waals surface area contributed by atoms with Crippen LogP contribution in [0.5, 0.6) is 0 Å². The van der Waals surface area contributed by atoms with Gasteiger partial charge in [-0.1, -0.05) is 32.6 Å². The molecule has 82 valence electrons. The fourth-order valence-electron chi connectivity index (χ4n) is 3.16. The zero-order chi connectivity index (χ0) is 9.80. The second-order valence-corrected chi connectivity index (χ2v) is 5.57. The Bertz CT molecular complexity index is 153. The number of hydrogen-bond donors (Lipinski definition) is 1. The van der Waals surface area contributed by atoms with Crippen molar-refractivity contribution in [2.45, 2.75) is 51.9 Å². The second-order valence-electron chi connectivity index (χ2n) is 5.57. The largest absolute Gasteiger partial charge is 0.316 e. The highest BCUT2D eigenvalue weighted by Gasteiger charge is 2.22. The predicted octanol–water partition coefficient (Wildman–Crippen LogP) is 3.20. The van der Waals surface area contributed by atoms with E-state index < -0.39 is 0 Å². The Hall–Kier alpha value is -0.0400. The van der Waals surface area contributed by atoms with Gasteiger partial charge in [-0.15, -0.1) is 0 Å². The Morgan fingerprint density at radius 2 is 1.79 bits per heavy atom. The third-order valence-electron chi connectivity index (χ3n) is 4.20. The normalized spacial score (nSPS) is 39.6. The highest BCUT2D eigenvalue weighted by Crippen LogP contribution is 2.33. The molecule has 1 unspecified atom stereocenters. The molecule has 0 bridgehead atoms. The highest BCUT2D eigenvalue weighted by molar-refractivity contribution is 4.76. The van der Waals surface area contributed by atoms with E-state index in [2.05, 4.69) is 12.2 Å². The van der Waals surface area contributed by atoms with Crippen molar-refractivity contribution in [2.24, 2.45) is 17.8 Å². The third-order valence-corrected chi connectivity index (χ3v) is 4.20. The van der Waals surface area contributed by atoms with Gasteiger partial charge in [0.25, 0.3) is 0 Å². The van der Waals surface area contributed by atoms with Gasteiger partial charge in [-0.25, -0.2) is 0 Å². The van der Waals surface area contributed by atoms with Gasteiger partial charge in [0.1, 0.15) is 0 Å². The standard InChI is InChI=1S/C13H25N/c1-11-4-6-12(7-5-11)9-13-3-2-8-14-10-13/h11-14H,2-10H2,1H3. The molecule has 1 heteroatoms. The van der Waals surface area contributed by atoms with Crippen LogP contribution in [-0.2, 0) is 0 Å². The molecule has 0 aromatic carbocycles. The average molecular weight is 195 g/mol. The summed E-state index contributed by atoms with van der Waals surface area (Å²) in [6.07, 6.45) is 10.4. The molecule has 0 aromatic heterocycles. The molecule has 1 saturated heterocycles. The number of rotatable bonds is 2. The lowest BCUT2D eigenvalue weighted by atomic mass is 9.77. The lowest BCUT2D eigenvalue weighted by Gasteiger charge is -2.31. The van der Waals surface area contributed by atoms with E-state index in [1.807, 2.05) is 0 Å². The molecule has 1 saturated carbocycles. The zero-order valence-corrected chi connectivity index (χ0v) is 9.60. The van der Waals surface area contributed by atoms with E-state index in [9.17, 15) is 0 Å². The maximum atomic E-state index is 3.53. The van der Waals surface area contributed by atoms with E-state index in [1.165, 1.54) is 58.0 Å². The first-order valence-corrected chi connectivity index (χ1v) is 6.55. The lowest BCUT2D eigenvalue weighted by Crippen LogP contribution is -2.31. The summed E-state index contributed by atoms with van der Waals surface area (Å²) in [5, 5.41) is 3.53. The second kappa shape index (κ2) is 5.16. The smallest absolute Gasteiger partial charge is 0.00204 e. The van der Waals surface area contributed by atoms with Crippen molar-refractivity contribution in [3.05, 3.63) is 0 Å². The minimum absolute atomic E-state index is 1.00. The molecule has 1 atom stereocenters. The fraction of sp³-hybridized carbons (Fsp3) is 1.00. The summed E-state index contributed by atoms with van der Waals surface area (Å²) in [5.74, 6) is 3.08. The minimum Gasteiger partial charge on any atom is -0.316 e. The molecule has 2 aliphatic rings. The van der Waals surface area contributed by atoms with Crippen molar-refractivity contribution in [1.82, 2.24) is 5.32 Å². The summed E-state index contributed by atoms with van der Waals surface area (Å²) < 4.78 is 0. The quantitative estimate of drug-likeness (QED) is 0.713. The van der Waals surface area contributed by atoms with Crippen molar-refractivity contribution >= 4 is 0 Å². The Morgan fingerprint density at radius 1 is 1.00 bits per heavy atom. The first-order valence-electron chi connectivity index (χ1n) is 6.55. The SMILES string of the molecule is CC1CCC(CC2CCCNC2)CC1. The van der Waals surface area contributed by atoms with Crippen LogP contribution in [0.4, 0.5) is 0 Å². The molecule has 2 fully saturated rings. The van der Waals surface area contributed by atoms with Crippen LogP contribution in [0.3, 0.4) is 0 Å². The molecule has 0 aromatic rings. The van der Waals surface area contributed by atoms with Gasteiger partial charge in [0.05, 0.1) is 0 Å². The Kier molecular flexibility index (Phi) is 3.86. The van der Waals surface area contributed by atoms with Gasteiger partial charge in [0.15, 0.2) is 0 Å². The molecule has 0 amide bonds. The summed E-state index contributed by atoms with van der Waals surface area (Å²) in [6.45, 7) is 4.97. The van der Waals surface area contributed by atoms with Crippen molar-refractivity contribution in [3.63, 3.8) is 0 Å². The van der Waals surface area contributed by atoms with Gasteiger partial charge in [-0.2, -0.15) is 0 Å². The summed E-state index contributed by atoms with van der Waals surface area (Å²) in [7, 11) is 0. The van der Waals surface area contributed by atoms with Crippen LogP contribution >= 0.6 is 0 Å². The predicted molar refractivity (Wildman–Crippen MR) is 61.3 cm³/mol. The maximum absolute atomic E-state index is 3.53. The fourth-order valence-corrected chi connectivity index (χ4v) is 3.16. The van der Waals surface area contributed by atoms with E-state index in [0.717, 1.165) is 17.8 Å². The Labute approximate surface area is 88.7 Å². The van der Waals surface area contributed by atoms with E-state index in [1.54, 1.807) is 0 Å². The third kappa shape index (κ3) is 2.98. The van der Waals surface area contributed by atoms with Gasteiger partial charge in [0.2, 0.25) is 0 Å². The Morgan fingerprint density at radius 3 is 2.43 bits per heavy atom. The van der Waals surface area contributed by atoms with E-state index in [-0.39, 0.29) is 0 Å². The maximum Gasteiger partial charge on any atom is -0.00204 e. The lowest BCUT2D eigenvalue weighted by molar-refractivity contribution is 0.225. The van der Waals surface area contributed by atoms with Gasteiger partial charge in [-0.05, 0) is 50.1 Å². The van der Waals surface area contributed by atoms with Crippen LogP contribution in [0.1, 0.15) is 51.9 Å². The summed E-state index contributed by atoms with van der Waals surface area (Å²) in [4.78, 5) is 0. The van der Waals surface area contributed by atoms with Gasteiger partial charge in [0, 0.05) is 0 Å². The Balaban J connectivity index is 1.68. The van der Waals surface area contributed by atoms with Crippen LogP contribution in [0.15, 0.2) is 0 Å². The molecule has 0 radical (unpaired) electrons. The first kappa shape index (κ1) is 10.5. The molecule has 1 N–H and O–H groups in total. The molecule has 2 rings (SSSR count). The topological polar surface area (TPSA) is 12.0 Å². The van der Waals surface area contributed by atoms with E-state index in [4.69, 9.17) is 0 Å². The number of piperidine rings is 1. The van der Waals surface area contributed by atoms with Crippen molar-refractivity contribution < 1.29 is 0 Å². The van der Waals surface area contributed by atoms with Crippen molar-refractivity contribution in [3.8, 4) is 0 Å². The monoisotopic (exact) mass is 195 g/mol. The molecule has 1 heterocycles. The van der Waals surface area contributed by atoms with E-state index >= 15 is 0 Å². The molecule has 0 spiro atoms. The minimum atomic E-state index is 1.00. The highest BCUT2D eigenvalue weighted by atomic mass is 14.9. The van der Waals surface area contributed by atoms with E-state index in [0.29, 0.717) is 0 Å². The molecule has 14 heavy (non-hydrogen) atoms. The first-order chi connectivity index (χ1) is 6.84. The molecular weight excluding hydrogens is 170 g/mol. The summed E-state index contributed by atoms with van der Waals surface area (Å²) in [6, 6.07) is 0. The van der Waals surface area contributed by atoms with Crippen LogP contribution in [0.25, 0.3) is 0 Å². The van der Waals surface area contributed by atoms with Gasteiger partial charge in [-0.3, -0.25) is 0 Å². The molecular formula is C13H25N. The molecule has 1 nitrogen and oxygen atoms in total. The van der Waals surface area contributed by atoms with Crippen molar-refractivity contribution in [1.29, 1.82) is 0 Å². The van der Waals surface area contributed by atoms with Crippen molar-refractivity contribution in [2.75, 3.05) is 13.1 Å². The number of nitrogens with one attached hydrogen (secondary N) is 1. The molecule has 1 aliphatic heterocycles. The van der Waals surface area contributed by atoms with Gasteiger partial charge < -0.3 is 5.32 Å². The average Bonchev–Trinajstić information content (AvgIpc) is 2.23. The summed E-state index contributed by atoms with van der Waals surface area (Å²) in [5.41, 5.74) is 0. The summed E-state index contributed by atoms with van der Waals surface area (Å²) >= 11 is 0. The van der Waals surface area contributed by atoms with Crippen LogP contribution in [0, 0.1) is 17.8 Å².